The first-order valence-electron chi connectivity index (χ1n) is 6.39. The van der Waals surface area contributed by atoms with Gasteiger partial charge < -0.3 is 11.1 Å². The molecule has 1 saturated carbocycles. The molecule has 1 aliphatic rings. The van der Waals surface area contributed by atoms with E-state index < -0.39 is 0 Å². The summed E-state index contributed by atoms with van der Waals surface area (Å²) in [5, 5.41) is 3.48. The highest BCUT2D eigenvalue weighted by Gasteiger charge is 2.22. The fraction of sp³-hybridized carbons (Fsp3) is 0.500. The monoisotopic (exact) mass is 266 g/mol. The summed E-state index contributed by atoms with van der Waals surface area (Å²) in [5.41, 5.74) is 6.71. The van der Waals surface area contributed by atoms with Crippen LogP contribution in [-0.4, -0.2) is 12.5 Å². The second-order valence-corrected chi connectivity index (χ2v) is 5.66. The maximum Gasteiger partial charge on any atom is 0.253 e. The van der Waals surface area contributed by atoms with Crippen LogP contribution in [0.15, 0.2) is 18.2 Å². The van der Waals surface area contributed by atoms with Gasteiger partial charge >= 0.3 is 0 Å². The van der Waals surface area contributed by atoms with Gasteiger partial charge in [0.2, 0.25) is 0 Å². The lowest BCUT2D eigenvalue weighted by Gasteiger charge is -2.12. The third-order valence-corrected chi connectivity index (χ3v) is 3.85. The highest BCUT2D eigenvalue weighted by Crippen LogP contribution is 2.29. The lowest BCUT2D eigenvalue weighted by atomic mass is 10.1. The summed E-state index contributed by atoms with van der Waals surface area (Å²) >= 11 is 5.87. The number of anilines is 1. The Labute approximate surface area is 113 Å². The molecular weight excluding hydrogens is 248 g/mol. The van der Waals surface area contributed by atoms with E-state index in [4.69, 9.17) is 17.3 Å². The van der Waals surface area contributed by atoms with Crippen molar-refractivity contribution in [3.8, 4) is 0 Å². The van der Waals surface area contributed by atoms with Crippen molar-refractivity contribution in [2.75, 3.05) is 12.3 Å². The van der Waals surface area contributed by atoms with E-state index in [1.165, 1.54) is 19.3 Å². The molecule has 1 aliphatic carbocycles. The molecule has 0 spiro atoms. The molecule has 2 atom stereocenters. The minimum Gasteiger partial charge on any atom is -0.398 e. The summed E-state index contributed by atoms with van der Waals surface area (Å²) in [5.74, 6) is 1.25. The molecule has 1 fully saturated rings. The number of rotatable bonds is 3. The van der Waals surface area contributed by atoms with Crippen LogP contribution < -0.4 is 11.1 Å². The highest BCUT2D eigenvalue weighted by atomic mass is 35.5. The lowest BCUT2D eigenvalue weighted by molar-refractivity contribution is 0.0948. The molecule has 0 heterocycles. The predicted molar refractivity (Wildman–Crippen MR) is 74.7 cm³/mol. The van der Waals surface area contributed by atoms with Gasteiger partial charge in [-0.3, -0.25) is 4.79 Å². The Balaban J connectivity index is 1.93. The van der Waals surface area contributed by atoms with E-state index in [1.807, 2.05) is 0 Å². The number of nitrogens with one attached hydrogen (secondary N) is 1. The molecule has 0 aliphatic heterocycles. The number of nitrogens with two attached hydrogens (primary N) is 1. The second kappa shape index (κ2) is 5.61. The number of halogens is 1. The third kappa shape index (κ3) is 3.16. The number of hydrogen-bond donors (Lipinski definition) is 2. The van der Waals surface area contributed by atoms with Gasteiger partial charge in [0.05, 0.1) is 5.56 Å². The molecule has 98 valence electrons. The first-order valence-corrected chi connectivity index (χ1v) is 6.77. The minimum atomic E-state index is -0.130. The number of amides is 1. The minimum absolute atomic E-state index is 0.130. The molecule has 2 rings (SSSR count). The molecule has 0 bridgehead atoms. The van der Waals surface area contributed by atoms with Crippen molar-refractivity contribution < 1.29 is 4.79 Å². The number of nitrogen functional groups attached to an aromatic ring is 1. The van der Waals surface area contributed by atoms with E-state index in [0.717, 1.165) is 12.5 Å². The Hall–Kier alpha value is -1.22. The van der Waals surface area contributed by atoms with E-state index >= 15 is 0 Å². The fourth-order valence-corrected chi connectivity index (χ4v) is 2.74. The van der Waals surface area contributed by atoms with Crippen molar-refractivity contribution in [3.63, 3.8) is 0 Å². The van der Waals surface area contributed by atoms with Crippen LogP contribution in [0.1, 0.15) is 36.5 Å². The van der Waals surface area contributed by atoms with Crippen LogP contribution in [0.5, 0.6) is 0 Å². The zero-order chi connectivity index (χ0) is 13.1. The maximum absolute atomic E-state index is 12.0. The zero-order valence-corrected chi connectivity index (χ0v) is 11.3. The predicted octanol–water partition coefficient (Wildman–Crippen LogP) is 3.09. The van der Waals surface area contributed by atoms with Crippen molar-refractivity contribution in [3.05, 3.63) is 28.8 Å². The molecular formula is C14H19ClN2O. The summed E-state index contributed by atoms with van der Waals surface area (Å²) < 4.78 is 0. The third-order valence-electron chi connectivity index (χ3n) is 3.61. The molecule has 18 heavy (non-hydrogen) atoms. The van der Waals surface area contributed by atoms with E-state index in [2.05, 4.69) is 12.2 Å². The van der Waals surface area contributed by atoms with Crippen molar-refractivity contribution in [1.29, 1.82) is 0 Å². The van der Waals surface area contributed by atoms with Gasteiger partial charge in [-0.2, -0.15) is 0 Å². The Morgan fingerprint density at radius 2 is 2.28 bits per heavy atom. The average Bonchev–Trinajstić information content (AvgIpc) is 2.75. The number of hydrogen-bond acceptors (Lipinski definition) is 2. The summed E-state index contributed by atoms with van der Waals surface area (Å²) in [7, 11) is 0. The first kappa shape index (κ1) is 13.2. The Morgan fingerprint density at radius 1 is 1.50 bits per heavy atom. The first-order chi connectivity index (χ1) is 8.56. The quantitative estimate of drug-likeness (QED) is 0.826. The Bertz CT molecular complexity index is 447. The van der Waals surface area contributed by atoms with Crippen LogP contribution in [0.25, 0.3) is 0 Å². The van der Waals surface area contributed by atoms with Crippen LogP contribution in [0.3, 0.4) is 0 Å². The second-order valence-electron chi connectivity index (χ2n) is 5.23. The van der Waals surface area contributed by atoms with Gasteiger partial charge in [0.15, 0.2) is 0 Å². The summed E-state index contributed by atoms with van der Waals surface area (Å²) in [6.45, 7) is 2.99. The van der Waals surface area contributed by atoms with Gasteiger partial charge in [0.1, 0.15) is 0 Å². The van der Waals surface area contributed by atoms with Crippen molar-refractivity contribution in [2.24, 2.45) is 11.8 Å². The molecule has 1 amide bonds. The molecule has 4 heteroatoms. The highest BCUT2D eigenvalue weighted by molar-refractivity contribution is 6.31. The van der Waals surface area contributed by atoms with Crippen molar-refractivity contribution >= 4 is 23.2 Å². The normalized spacial score (nSPS) is 23.0. The van der Waals surface area contributed by atoms with Gasteiger partial charge in [-0.05, 0) is 42.9 Å². The molecule has 1 aromatic carbocycles. The zero-order valence-electron chi connectivity index (χ0n) is 10.6. The van der Waals surface area contributed by atoms with E-state index in [1.54, 1.807) is 18.2 Å². The van der Waals surface area contributed by atoms with E-state index in [-0.39, 0.29) is 5.91 Å². The van der Waals surface area contributed by atoms with Crippen LogP contribution in [0.2, 0.25) is 5.02 Å². The molecule has 0 aromatic heterocycles. The maximum atomic E-state index is 12.0. The van der Waals surface area contributed by atoms with Crippen molar-refractivity contribution in [1.82, 2.24) is 5.32 Å². The van der Waals surface area contributed by atoms with E-state index in [9.17, 15) is 4.79 Å². The molecule has 0 radical (unpaired) electrons. The largest absolute Gasteiger partial charge is 0.398 e. The SMILES string of the molecule is CC1CCC(CNC(=O)c2cc(Cl)ccc2N)C1. The molecule has 3 nitrogen and oxygen atoms in total. The van der Waals surface area contributed by atoms with Crippen LogP contribution >= 0.6 is 11.6 Å². The Morgan fingerprint density at radius 3 is 2.94 bits per heavy atom. The average molecular weight is 267 g/mol. The smallest absolute Gasteiger partial charge is 0.253 e. The van der Waals surface area contributed by atoms with Crippen LogP contribution in [0, 0.1) is 11.8 Å². The summed E-state index contributed by atoms with van der Waals surface area (Å²) in [6.07, 6.45) is 3.66. The number of carbonyl (C=O) groups excluding carboxylic acids is 1. The molecule has 0 saturated heterocycles. The molecule has 2 unspecified atom stereocenters. The van der Waals surface area contributed by atoms with Gasteiger partial charge in [0.25, 0.3) is 5.91 Å². The van der Waals surface area contributed by atoms with Crippen LogP contribution in [0.4, 0.5) is 5.69 Å². The topological polar surface area (TPSA) is 55.1 Å². The molecule has 1 aromatic rings. The fourth-order valence-electron chi connectivity index (χ4n) is 2.57. The van der Waals surface area contributed by atoms with Gasteiger partial charge in [0, 0.05) is 17.3 Å². The Kier molecular flexibility index (Phi) is 4.12. The van der Waals surface area contributed by atoms with Crippen LogP contribution in [-0.2, 0) is 0 Å². The van der Waals surface area contributed by atoms with Gasteiger partial charge in [-0.15, -0.1) is 0 Å². The standard InChI is InChI=1S/C14H19ClN2O/c1-9-2-3-10(6-9)8-17-14(18)12-7-11(15)4-5-13(12)16/h4-5,7,9-10H,2-3,6,8,16H2,1H3,(H,17,18). The summed E-state index contributed by atoms with van der Waals surface area (Å²) in [6, 6.07) is 4.96. The van der Waals surface area contributed by atoms with Gasteiger partial charge in [-0.1, -0.05) is 24.9 Å². The van der Waals surface area contributed by atoms with E-state index in [0.29, 0.717) is 22.2 Å². The summed E-state index contributed by atoms with van der Waals surface area (Å²) in [4.78, 5) is 12.0. The number of carbonyl (C=O) groups is 1. The van der Waals surface area contributed by atoms with Gasteiger partial charge in [-0.25, -0.2) is 0 Å². The lowest BCUT2D eigenvalue weighted by Crippen LogP contribution is -2.29. The molecule has 3 N–H and O–H groups in total. The number of benzene rings is 1. The van der Waals surface area contributed by atoms with Crippen molar-refractivity contribution in [2.45, 2.75) is 26.2 Å².